The molecule has 2 unspecified atom stereocenters. The molecule has 5 heteroatoms. The van der Waals surface area contributed by atoms with E-state index >= 15 is 0 Å². The Morgan fingerprint density at radius 3 is 2.76 bits per heavy atom. The summed E-state index contributed by atoms with van der Waals surface area (Å²) in [5.41, 5.74) is 6.63. The smallest absolute Gasteiger partial charge is 0.227 e. The molecule has 17 heavy (non-hydrogen) atoms. The standard InChI is InChI=1S/C12H15BrN2O.ClH/c13-9-2-1-3-11(7-9)15-12(16)8-4-5-10(14)6-8;/h1-3,7-8,10H,4-6,14H2,(H,15,16);1H. The van der Waals surface area contributed by atoms with E-state index in [-0.39, 0.29) is 30.3 Å². The highest BCUT2D eigenvalue weighted by molar-refractivity contribution is 9.10. The highest BCUT2D eigenvalue weighted by Gasteiger charge is 2.27. The van der Waals surface area contributed by atoms with Crippen molar-refractivity contribution in [1.82, 2.24) is 0 Å². The molecule has 1 amide bonds. The van der Waals surface area contributed by atoms with Crippen LogP contribution >= 0.6 is 28.3 Å². The molecule has 2 rings (SSSR count). The Labute approximate surface area is 116 Å². The number of rotatable bonds is 2. The van der Waals surface area contributed by atoms with Gasteiger partial charge in [0.2, 0.25) is 5.91 Å². The van der Waals surface area contributed by atoms with Crippen LogP contribution in [0, 0.1) is 5.92 Å². The van der Waals surface area contributed by atoms with Crippen LogP contribution in [-0.4, -0.2) is 11.9 Å². The molecule has 94 valence electrons. The number of hydrogen-bond donors (Lipinski definition) is 2. The molecule has 0 aliphatic heterocycles. The molecule has 3 nitrogen and oxygen atoms in total. The molecule has 1 aliphatic carbocycles. The van der Waals surface area contributed by atoms with Gasteiger partial charge in [0.15, 0.2) is 0 Å². The van der Waals surface area contributed by atoms with Gasteiger partial charge in [-0.2, -0.15) is 0 Å². The van der Waals surface area contributed by atoms with Gasteiger partial charge in [0.05, 0.1) is 0 Å². The number of carbonyl (C=O) groups excluding carboxylic acids is 1. The van der Waals surface area contributed by atoms with E-state index in [0.29, 0.717) is 0 Å². The summed E-state index contributed by atoms with van der Waals surface area (Å²) >= 11 is 3.37. The third-order valence-electron chi connectivity index (χ3n) is 2.94. The van der Waals surface area contributed by atoms with Crippen molar-refractivity contribution < 1.29 is 4.79 Å². The van der Waals surface area contributed by atoms with Gasteiger partial charge in [-0.3, -0.25) is 4.79 Å². The molecule has 0 saturated heterocycles. The Morgan fingerprint density at radius 2 is 2.18 bits per heavy atom. The molecule has 1 aliphatic rings. The van der Waals surface area contributed by atoms with Crippen molar-refractivity contribution in [3.8, 4) is 0 Å². The first-order chi connectivity index (χ1) is 7.65. The maximum atomic E-state index is 11.9. The number of nitrogens with two attached hydrogens (primary N) is 1. The van der Waals surface area contributed by atoms with Gasteiger partial charge in [-0.1, -0.05) is 22.0 Å². The molecule has 3 N–H and O–H groups in total. The summed E-state index contributed by atoms with van der Waals surface area (Å²) in [5, 5.41) is 2.92. The van der Waals surface area contributed by atoms with Crippen LogP contribution < -0.4 is 11.1 Å². The number of carbonyl (C=O) groups is 1. The SMILES string of the molecule is Cl.NC1CCC(C(=O)Nc2cccc(Br)c2)C1. The van der Waals surface area contributed by atoms with Crippen LogP contribution in [0.15, 0.2) is 28.7 Å². The molecular weight excluding hydrogens is 304 g/mol. The first kappa shape index (κ1) is 14.5. The molecule has 1 saturated carbocycles. The fraction of sp³-hybridized carbons (Fsp3) is 0.417. The summed E-state index contributed by atoms with van der Waals surface area (Å²) in [6.07, 6.45) is 2.66. The van der Waals surface area contributed by atoms with Crippen molar-refractivity contribution in [2.45, 2.75) is 25.3 Å². The number of nitrogens with one attached hydrogen (secondary N) is 1. The molecule has 1 aromatic rings. The van der Waals surface area contributed by atoms with Gasteiger partial charge in [-0.05, 0) is 37.5 Å². The van der Waals surface area contributed by atoms with Crippen molar-refractivity contribution in [3.05, 3.63) is 28.7 Å². The lowest BCUT2D eigenvalue weighted by molar-refractivity contribution is -0.119. The number of amides is 1. The van der Waals surface area contributed by atoms with Gasteiger partial charge in [0, 0.05) is 22.1 Å². The summed E-state index contributed by atoms with van der Waals surface area (Å²) in [4.78, 5) is 11.9. The summed E-state index contributed by atoms with van der Waals surface area (Å²) in [5.74, 6) is 0.167. The Kier molecular flexibility index (Phi) is 5.43. The summed E-state index contributed by atoms with van der Waals surface area (Å²) in [7, 11) is 0. The minimum absolute atomic E-state index is 0. The Morgan fingerprint density at radius 1 is 1.41 bits per heavy atom. The van der Waals surface area contributed by atoms with E-state index in [4.69, 9.17) is 5.73 Å². The molecule has 0 bridgehead atoms. The van der Waals surface area contributed by atoms with E-state index in [9.17, 15) is 4.79 Å². The molecule has 0 heterocycles. The van der Waals surface area contributed by atoms with Crippen LogP contribution in [0.3, 0.4) is 0 Å². The number of hydrogen-bond acceptors (Lipinski definition) is 2. The predicted octanol–water partition coefficient (Wildman–Crippen LogP) is 2.94. The summed E-state index contributed by atoms with van der Waals surface area (Å²) < 4.78 is 0.966. The lowest BCUT2D eigenvalue weighted by atomic mass is 10.1. The zero-order chi connectivity index (χ0) is 11.5. The number of halogens is 2. The Bertz CT molecular complexity index is 400. The van der Waals surface area contributed by atoms with E-state index < -0.39 is 0 Å². The third-order valence-corrected chi connectivity index (χ3v) is 3.43. The second-order valence-corrected chi connectivity index (χ2v) is 5.19. The van der Waals surface area contributed by atoms with Gasteiger partial charge in [0.1, 0.15) is 0 Å². The van der Waals surface area contributed by atoms with Crippen LogP contribution in [0.4, 0.5) is 5.69 Å². The first-order valence-electron chi connectivity index (χ1n) is 5.47. The zero-order valence-corrected chi connectivity index (χ0v) is 11.8. The highest BCUT2D eigenvalue weighted by atomic mass is 79.9. The topological polar surface area (TPSA) is 55.1 Å². The normalized spacial score (nSPS) is 22.9. The minimum atomic E-state index is 0. The largest absolute Gasteiger partial charge is 0.328 e. The predicted molar refractivity (Wildman–Crippen MR) is 75.3 cm³/mol. The van der Waals surface area contributed by atoms with Crippen LogP contribution in [0.25, 0.3) is 0 Å². The van der Waals surface area contributed by atoms with Crippen molar-refractivity contribution in [3.63, 3.8) is 0 Å². The van der Waals surface area contributed by atoms with Gasteiger partial charge >= 0.3 is 0 Å². The lowest BCUT2D eigenvalue weighted by Gasteiger charge is -2.10. The summed E-state index contributed by atoms with van der Waals surface area (Å²) in [6, 6.07) is 7.81. The average molecular weight is 320 g/mol. The maximum Gasteiger partial charge on any atom is 0.227 e. The highest BCUT2D eigenvalue weighted by Crippen LogP contribution is 2.26. The number of benzene rings is 1. The third kappa shape index (κ3) is 3.98. The molecule has 0 radical (unpaired) electrons. The molecule has 0 spiro atoms. The molecule has 0 aromatic heterocycles. The second kappa shape index (κ2) is 6.38. The average Bonchev–Trinajstić information content (AvgIpc) is 2.65. The quantitative estimate of drug-likeness (QED) is 0.880. The van der Waals surface area contributed by atoms with Crippen LogP contribution in [0.1, 0.15) is 19.3 Å². The van der Waals surface area contributed by atoms with Crippen molar-refractivity contribution in [2.24, 2.45) is 11.7 Å². The molecule has 1 fully saturated rings. The lowest BCUT2D eigenvalue weighted by Crippen LogP contribution is -2.23. The van der Waals surface area contributed by atoms with E-state index in [0.717, 1.165) is 29.4 Å². The summed E-state index contributed by atoms with van der Waals surface area (Å²) in [6.45, 7) is 0. The van der Waals surface area contributed by atoms with E-state index in [1.165, 1.54) is 0 Å². The molecular formula is C12H16BrClN2O. The van der Waals surface area contributed by atoms with Crippen LogP contribution in [-0.2, 0) is 4.79 Å². The monoisotopic (exact) mass is 318 g/mol. The fourth-order valence-electron chi connectivity index (χ4n) is 2.07. The van der Waals surface area contributed by atoms with Crippen molar-refractivity contribution in [2.75, 3.05) is 5.32 Å². The molecule has 1 aromatic carbocycles. The van der Waals surface area contributed by atoms with E-state index in [2.05, 4.69) is 21.2 Å². The van der Waals surface area contributed by atoms with Crippen LogP contribution in [0.2, 0.25) is 0 Å². The van der Waals surface area contributed by atoms with Crippen LogP contribution in [0.5, 0.6) is 0 Å². The van der Waals surface area contributed by atoms with E-state index in [1.54, 1.807) is 0 Å². The van der Waals surface area contributed by atoms with E-state index in [1.807, 2.05) is 24.3 Å². The molecule has 2 atom stereocenters. The number of anilines is 1. The van der Waals surface area contributed by atoms with Gasteiger partial charge in [-0.15, -0.1) is 12.4 Å². The Balaban J connectivity index is 0.00000144. The zero-order valence-electron chi connectivity index (χ0n) is 9.36. The van der Waals surface area contributed by atoms with Crippen molar-refractivity contribution >= 4 is 39.9 Å². The second-order valence-electron chi connectivity index (χ2n) is 4.27. The fourth-order valence-corrected chi connectivity index (χ4v) is 2.46. The Hall–Kier alpha value is -0.580. The van der Waals surface area contributed by atoms with Gasteiger partial charge in [0.25, 0.3) is 0 Å². The van der Waals surface area contributed by atoms with Gasteiger partial charge in [-0.25, -0.2) is 0 Å². The van der Waals surface area contributed by atoms with Crippen molar-refractivity contribution in [1.29, 1.82) is 0 Å². The van der Waals surface area contributed by atoms with Gasteiger partial charge < -0.3 is 11.1 Å². The maximum absolute atomic E-state index is 11.9. The first-order valence-corrected chi connectivity index (χ1v) is 6.26. The minimum Gasteiger partial charge on any atom is -0.328 e.